The number of hydrogen-bond acceptors (Lipinski definition) is 8. The van der Waals surface area contributed by atoms with Gasteiger partial charge in [0, 0.05) is 30.7 Å². The van der Waals surface area contributed by atoms with Crippen molar-refractivity contribution in [2.24, 2.45) is 5.92 Å². The van der Waals surface area contributed by atoms with Gasteiger partial charge >= 0.3 is 17.9 Å². The Morgan fingerprint density at radius 1 is 1.03 bits per heavy atom. The highest BCUT2D eigenvalue weighted by Gasteiger charge is 2.24. The average Bonchev–Trinajstić information content (AvgIpc) is 3.77. The highest BCUT2D eigenvalue weighted by Crippen LogP contribution is 2.11. The zero-order chi connectivity index (χ0) is 30.1. The summed E-state index contributed by atoms with van der Waals surface area (Å²) in [6, 6.07) is 0. The molecule has 2 fully saturated rings. The first-order valence-corrected chi connectivity index (χ1v) is 13.4. The minimum atomic E-state index is -0.394. The summed E-state index contributed by atoms with van der Waals surface area (Å²) in [7, 11) is 1.31. The van der Waals surface area contributed by atoms with E-state index in [1.807, 2.05) is 0 Å². The lowest BCUT2D eigenvalue weighted by Crippen LogP contribution is -2.23. The van der Waals surface area contributed by atoms with Crippen LogP contribution < -0.4 is 0 Å². The Kier molecular flexibility index (Phi) is 24.4. The van der Waals surface area contributed by atoms with E-state index in [9.17, 15) is 19.2 Å². The Hall–Kier alpha value is -3.20. The number of unbranched alkanes of at least 4 members (excludes halogenated alkanes) is 2. The molecule has 1 amide bonds. The van der Waals surface area contributed by atoms with Gasteiger partial charge in [-0.3, -0.25) is 4.79 Å². The number of amides is 1. The molecule has 0 bridgehead atoms. The second-order valence-electron chi connectivity index (χ2n) is 9.26. The van der Waals surface area contributed by atoms with Gasteiger partial charge in [0.1, 0.15) is 12.7 Å². The molecule has 0 N–H and O–H groups in total. The number of carbonyl (C=O) groups excluding carboxylic acids is 4. The van der Waals surface area contributed by atoms with Gasteiger partial charge in [-0.25, -0.2) is 14.4 Å². The molecule has 0 aromatic heterocycles. The number of rotatable bonds is 12. The Bertz CT molecular complexity index is 771. The molecule has 0 aromatic rings. The predicted octanol–water partition coefficient (Wildman–Crippen LogP) is 5.31. The van der Waals surface area contributed by atoms with E-state index in [0.29, 0.717) is 31.8 Å². The molecule has 0 spiro atoms. The fraction of sp³-hybridized carbons (Fsp3) is 0.600. The first-order valence-electron chi connectivity index (χ1n) is 13.4. The molecule has 2 rings (SSSR count). The molecule has 0 saturated carbocycles. The maximum atomic E-state index is 11.1. The number of ether oxygens (including phenoxy) is 4. The van der Waals surface area contributed by atoms with Crippen LogP contribution in [-0.4, -0.2) is 68.3 Å². The molecule has 1 atom stereocenters. The molecule has 2 heterocycles. The third-order valence-corrected chi connectivity index (χ3v) is 5.19. The van der Waals surface area contributed by atoms with Gasteiger partial charge in [0.25, 0.3) is 0 Å². The van der Waals surface area contributed by atoms with Crippen LogP contribution in [0.5, 0.6) is 0 Å². The van der Waals surface area contributed by atoms with Crippen LogP contribution in [0.15, 0.2) is 50.2 Å². The zero-order valence-electron chi connectivity index (χ0n) is 24.4. The van der Waals surface area contributed by atoms with Crippen molar-refractivity contribution < 1.29 is 38.1 Å². The topological polar surface area (TPSA) is 112 Å². The molecule has 9 heteroatoms. The number of esters is 3. The number of carbonyl (C=O) groups is 4. The highest BCUT2D eigenvalue weighted by molar-refractivity contribution is 5.86. The Balaban J connectivity index is 0. The Labute approximate surface area is 234 Å². The summed E-state index contributed by atoms with van der Waals surface area (Å²) in [5.74, 6) is -0.0439. The molecular formula is C30H49NO8. The van der Waals surface area contributed by atoms with E-state index in [2.05, 4.69) is 44.9 Å². The van der Waals surface area contributed by atoms with E-state index < -0.39 is 5.97 Å². The quantitative estimate of drug-likeness (QED) is 0.105. The third kappa shape index (κ3) is 26.2. The molecule has 9 nitrogen and oxygen atoms in total. The first-order chi connectivity index (χ1) is 18.5. The molecule has 2 aliphatic heterocycles. The minimum absolute atomic E-state index is 0.142. The maximum absolute atomic E-state index is 11.1. The lowest BCUT2D eigenvalue weighted by Gasteiger charge is -2.13. The lowest BCUT2D eigenvalue weighted by molar-refractivity contribution is -0.139. The van der Waals surface area contributed by atoms with Gasteiger partial charge < -0.3 is 23.8 Å². The van der Waals surface area contributed by atoms with E-state index in [4.69, 9.17) is 14.2 Å². The fourth-order valence-corrected chi connectivity index (χ4v) is 2.80. The van der Waals surface area contributed by atoms with Gasteiger partial charge in [0.05, 0.1) is 20.3 Å². The van der Waals surface area contributed by atoms with Crippen molar-refractivity contribution in [3.63, 3.8) is 0 Å². The van der Waals surface area contributed by atoms with E-state index in [-0.39, 0.29) is 23.9 Å². The van der Waals surface area contributed by atoms with Crippen LogP contribution in [0, 0.1) is 5.92 Å². The Morgan fingerprint density at radius 3 is 2.13 bits per heavy atom. The number of nitrogens with zero attached hydrogens (tertiary/aromatic N) is 1. The predicted molar refractivity (Wildman–Crippen MR) is 153 cm³/mol. The van der Waals surface area contributed by atoms with Crippen molar-refractivity contribution in [2.45, 2.75) is 78.2 Å². The summed E-state index contributed by atoms with van der Waals surface area (Å²) in [5, 5.41) is 0. The summed E-state index contributed by atoms with van der Waals surface area (Å²) in [6.07, 6.45) is 12.7. The van der Waals surface area contributed by atoms with Gasteiger partial charge in [-0.05, 0) is 38.3 Å². The summed E-state index contributed by atoms with van der Waals surface area (Å²) in [5.41, 5.74) is 0.431. The standard InChI is InChI=1S/C11H20O2.C8H13NO.C7H10O3.C4H6O2/c1-4-11(12)13-9-7-5-6-8-10(2)3;1-2-9-7-5-3-4-6-8(9)10;1-5(2)7(8)10-4-6-3-9-6;1-3-4(5)6-2/h4,10H,1,5-9H2,2-3H3;2H,1,3-7H2;6H,1,3-4H2,2H3;3H,1H2,2H3. The summed E-state index contributed by atoms with van der Waals surface area (Å²) >= 11 is 0. The Morgan fingerprint density at radius 2 is 1.67 bits per heavy atom. The van der Waals surface area contributed by atoms with Crippen molar-refractivity contribution in [2.75, 3.05) is 33.5 Å². The molecule has 1 unspecified atom stereocenters. The molecule has 39 heavy (non-hydrogen) atoms. The van der Waals surface area contributed by atoms with Crippen LogP contribution in [-0.2, 0) is 38.1 Å². The zero-order valence-corrected chi connectivity index (χ0v) is 24.4. The normalized spacial score (nSPS) is 15.3. The van der Waals surface area contributed by atoms with Gasteiger partial charge in [-0.1, -0.05) is 65.8 Å². The summed E-state index contributed by atoms with van der Waals surface area (Å²) in [4.78, 5) is 44.0. The largest absolute Gasteiger partial charge is 0.466 e. The summed E-state index contributed by atoms with van der Waals surface area (Å²) in [6.45, 7) is 22.0. The van der Waals surface area contributed by atoms with Crippen LogP contribution >= 0.6 is 0 Å². The lowest BCUT2D eigenvalue weighted by atomic mass is 10.1. The van der Waals surface area contributed by atoms with Crippen molar-refractivity contribution in [3.8, 4) is 0 Å². The molecule has 0 aromatic carbocycles. The van der Waals surface area contributed by atoms with Crippen LogP contribution in [0.2, 0.25) is 0 Å². The molecule has 0 radical (unpaired) electrons. The second kappa shape index (κ2) is 25.1. The second-order valence-corrected chi connectivity index (χ2v) is 9.26. The van der Waals surface area contributed by atoms with E-state index in [0.717, 1.165) is 44.2 Å². The van der Waals surface area contributed by atoms with E-state index >= 15 is 0 Å². The van der Waals surface area contributed by atoms with Crippen LogP contribution in [0.4, 0.5) is 0 Å². The number of likely N-dealkylation sites (tertiary alicyclic amines) is 1. The monoisotopic (exact) mass is 551 g/mol. The molecule has 222 valence electrons. The SMILES string of the molecule is C=C(C)C(=O)OCC1CO1.C=CC(=O)OC.C=CC(=O)OCCCCCC(C)C.C=CN1CCCCCC1=O. The number of methoxy groups -OCH3 is 1. The van der Waals surface area contributed by atoms with Gasteiger partial charge in [0.15, 0.2) is 0 Å². The first kappa shape index (κ1) is 37.9. The van der Waals surface area contributed by atoms with Crippen molar-refractivity contribution in [1.29, 1.82) is 0 Å². The third-order valence-electron chi connectivity index (χ3n) is 5.19. The fourth-order valence-electron chi connectivity index (χ4n) is 2.80. The molecule has 2 saturated heterocycles. The number of epoxide rings is 1. The molecule has 0 aliphatic carbocycles. The maximum Gasteiger partial charge on any atom is 0.333 e. The minimum Gasteiger partial charge on any atom is -0.466 e. The van der Waals surface area contributed by atoms with E-state index in [1.165, 1.54) is 32.4 Å². The molecule has 2 aliphatic rings. The molecular weight excluding hydrogens is 502 g/mol. The van der Waals surface area contributed by atoms with Gasteiger partial charge in [-0.15, -0.1) is 0 Å². The van der Waals surface area contributed by atoms with Gasteiger partial charge in [0.2, 0.25) is 5.91 Å². The van der Waals surface area contributed by atoms with Crippen LogP contribution in [0.3, 0.4) is 0 Å². The highest BCUT2D eigenvalue weighted by atomic mass is 16.6. The number of hydrogen-bond donors (Lipinski definition) is 0. The van der Waals surface area contributed by atoms with Crippen LogP contribution in [0.25, 0.3) is 0 Å². The van der Waals surface area contributed by atoms with Crippen molar-refractivity contribution >= 4 is 23.8 Å². The smallest absolute Gasteiger partial charge is 0.333 e. The van der Waals surface area contributed by atoms with Gasteiger partial charge in [-0.2, -0.15) is 0 Å². The average molecular weight is 552 g/mol. The summed E-state index contributed by atoms with van der Waals surface area (Å²) < 4.78 is 18.6. The van der Waals surface area contributed by atoms with Crippen LogP contribution in [0.1, 0.15) is 72.1 Å². The van der Waals surface area contributed by atoms with Crippen molar-refractivity contribution in [3.05, 3.63) is 50.2 Å². The van der Waals surface area contributed by atoms with E-state index in [1.54, 1.807) is 18.0 Å². The van der Waals surface area contributed by atoms with Crippen molar-refractivity contribution in [1.82, 2.24) is 4.90 Å².